The van der Waals surface area contributed by atoms with Crippen molar-refractivity contribution in [1.29, 1.82) is 0 Å². The molecule has 1 aromatic rings. The zero-order valence-corrected chi connectivity index (χ0v) is 9.61. The van der Waals surface area contributed by atoms with Crippen molar-refractivity contribution in [2.45, 2.75) is 19.6 Å². The van der Waals surface area contributed by atoms with Gasteiger partial charge in [-0.1, -0.05) is 0 Å². The Kier molecular flexibility index (Phi) is 4.11. The third kappa shape index (κ3) is 5.15. The van der Waals surface area contributed by atoms with E-state index in [9.17, 15) is 21.6 Å². The number of H-pyrrole nitrogens is 1. The number of nitrogens with zero attached hydrogens (tertiary/aromatic N) is 1. The SMILES string of the molecule is Cc1[nH]ncc1CNS(=O)(=O)NCC(F)(F)F. The molecule has 0 fully saturated rings. The quantitative estimate of drug-likeness (QED) is 0.716. The van der Waals surface area contributed by atoms with Crippen molar-refractivity contribution in [1.82, 2.24) is 19.6 Å². The van der Waals surface area contributed by atoms with Crippen molar-refractivity contribution in [2.24, 2.45) is 0 Å². The summed E-state index contributed by atoms with van der Waals surface area (Å²) in [6.07, 6.45) is -3.19. The monoisotopic (exact) mass is 272 g/mol. The standard InChI is InChI=1S/C7H11F3N4O2S/c1-5-6(2-11-14-5)3-12-17(15,16)13-4-7(8,9)10/h2,12-13H,3-4H2,1H3,(H,11,14). The first-order valence-corrected chi connectivity index (χ1v) is 5.98. The second-order valence-corrected chi connectivity index (χ2v) is 4.87. The molecule has 0 aromatic carbocycles. The van der Waals surface area contributed by atoms with Gasteiger partial charge in [-0.3, -0.25) is 5.10 Å². The van der Waals surface area contributed by atoms with E-state index in [4.69, 9.17) is 0 Å². The van der Waals surface area contributed by atoms with Crippen molar-refractivity contribution in [3.05, 3.63) is 17.5 Å². The van der Waals surface area contributed by atoms with E-state index in [0.717, 1.165) is 0 Å². The zero-order chi connectivity index (χ0) is 13.1. The normalized spacial score (nSPS) is 12.9. The molecule has 17 heavy (non-hydrogen) atoms. The van der Waals surface area contributed by atoms with Crippen LogP contribution in [-0.4, -0.2) is 31.3 Å². The Morgan fingerprint density at radius 1 is 1.41 bits per heavy atom. The predicted octanol–water partition coefficient (Wildman–Crippen LogP) is 0.204. The van der Waals surface area contributed by atoms with E-state index >= 15 is 0 Å². The fourth-order valence-corrected chi connectivity index (χ4v) is 1.76. The third-order valence-corrected chi connectivity index (χ3v) is 2.90. The number of aryl methyl sites for hydroxylation is 1. The highest BCUT2D eigenvalue weighted by Gasteiger charge is 2.29. The summed E-state index contributed by atoms with van der Waals surface area (Å²) < 4.78 is 61.0. The summed E-state index contributed by atoms with van der Waals surface area (Å²) in [4.78, 5) is 0. The van der Waals surface area contributed by atoms with Gasteiger partial charge in [0.05, 0.1) is 6.20 Å². The molecule has 0 amide bonds. The van der Waals surface area contributed by atoms with Crippen LogP contribution in [0, 0.1) is 6.92 Å². The van der Waals surface area contributed by atoms with E-state index < -0.39 is 22.9 Å². The lowest BCUT2D eigenvalue weighted by molar-refractivity contribution is -0.121. The van der Waals surface area contributed by atoms with Gasteiger partial charge in [0, 0.05) is 17.8 Å². The van der Waals surface area contributed by atoms with Gasteiger partial charge in [0.15, 0.2) is 0 Å². The Bertz CT molecular complexity index is 468. The Hall–Kier alpha value is -1.13. The van der Waals surface area contributed by atoms with Gasteiger partial charge in [0.25, 0.3) is 10.2 Å². The van der Waals surface area contributed by atoms with E-state index in [1.165, 1.54) is 10.9 Å². The largest absolute Gasteiger partial charge is 0.402 e. The van der Waals surface area contributed by atoms with Crippen molar-refractivity contribution in [3.63, 3.8) is 0 Å². The summed E-state index contributed by atoms with van der Waals surface area (Å²) in [5.41, 5.74) is 1.20. The van der Waals surface area contributed by atoms with Crippen molar-refractivity contribution in [3.8, 4) is 0 Å². The molecular weight excluding hydrogens is 261 g/mol. The Morgan fingerprint density at radius 2 is 2.06 bits per heavy atom. The van der Waals surface area contributed by atoms with Gasteiger partial charge in [-0.25, -0.2) is 0 Å². The van der Waals surface area contributed by atoms with Crippen LogP contribution < -0.4 is 9.44 Å². The van der Waals surface area contributed by atoms with Gasteiger partial charge in [0.2, 0.25) is 0 Å². The summed E-state index contributed by atoms with van der Waals surface area (Å²) in [6, 6.07) is 0. The predicted molar refractivity (Wildman–Crippen MR) is 53.1 cm³/mol. The lowest BCUT2D eigenvalue weighted by Crippen LogP contribution is -2.41. The molecule has 0 aliphatic heterocycles. The highest BCUT2D eigenvalue weighted by molar-refractivity contribution is 7.87. The van der Waals surface area contributed by atoms with Gasteiger partial charge in [-0.05, 0) is 6.92 Å². The van der Waals surface area contributed by atoms with Crippen LogP contribution in [0.1, 0.15) is 11.3 Å². The van der Waals surface area contributed by atoms with Gasteiger partial charge in [-0.15, -0.1) is 0 Å². The zero-order valence-electron chi connectivity index (χ0n) is 8.80. The average molecular weight is 272 g/mol. The molecule has 0 unspecified atom stereocenters. The van der Waals surface area contributed by atoms with Gasteiger partial charge >= 0.3 is 6.18 Å². The molecule has 0 bridgehead atoms. The number of halogens is 3. The molecule has 3 N–H and O–H groups in total. The highest BCUT2D eigenvalue weighted by Crippen LogP contribution is 2.12. The topological polar surface area (TPSA) is 86.9 Å². The first-order chi connectivity index (χ1) is 7.70. The van der Waals surface area contributed by atoms with E-state index in [1.54, 1.807) is 6.92 Å². The molecule has 0 saturated carbocycles. The molecule has 0 spiro atoms. The van der Waals surface area contributed by atoms with Crippen LogP contribution in [0.15, 0.2) is 6.20 Å². The summed E-state index contributed by atoms with van der Waals surface area (Å²) in [7, 11) is -4.17. The van der Waals surface area contributed by atoms with Crippen LogP contribution in [0.4, 0.5) is 13.2 Å². The molecule has 1 rings (SSSR count). The average Bonchev–Trinajstić information content (AvgIpc) is 2.58. The fourth-order valence-electron chi connectivity index (χ4n) is 0.955. The maximum absolute atomic E-state index is 11.8. The molecular formula is C7H11F3N4O2S. The number of aromatic amines is 1. The van der Waals surface area contributed by atoms with Gasteiger partial charge in [0.1, 0.15) is 6.54 Å². The minimum absolute atomic E-state index is 0.129. The van der Waals surface area contributed by atoms with Gasteiger partial charge < -0.3 is 0 Å². The number of alkyl halides is 3. The Labute approximate surface area is 95.8 Å². The molecule has 1 aromatic heterocycles. The number of hydrogen-bond acceptors (Lipinski definition) is 3. The summed E-state index contributed by atoms with van der Waals surface area (Å²) in [5.74, 6) is 0. The lowest BCUT2D eigenvalue weighted by Gasteiger charge is -2.09. The summed E-state index contributed by atoms with van der Waals surface area (Å²) >= 11 is 0. The van der Waals surface area contributed by atoms with Crippen LogP contribution in [-0.2, 0) is 16.8 Å². The second-order valence-electron chi connectivity index (χ2n) is 3.28. The first kappa shape index (κ1) is 13.9. The van der Waals surface area contributed by atoms with Crippen LogP contribution in [0.5, 0.6) is 0 Å². The van der Waals surface area contributed by atoms with E-state index in [2.05, 4.69) is 10.2 Å². The molecule has 6 nitrogen and oxygen atoms in total. The minimum Gasteiger partial charge on any atom is -0.283 e. The van der Waals surface area contributed by atoms with Crippen LogP contribution in [0.2, 0.25) is 0 Å². The fraction of sp³-hybridized carbons (Fsp3) is 0.571. The van der Waals surface area contributed by atoms with Crippen LogP contribution in [0.25, 0.3) is 0 Å². The maximum atomic E-state index is 11.8. The molecule has 98 valence electrons. The smallest absolute Gasteiger partial charge is 0.283 e. The van der Waals surface area contributed by atoms with Crippen LogP contribution >= 0.6 is 0 Å². The molecule has 0 aliphatic rings. The summed E-state index contributed by atoms with van der Waals surface area (Å²) in [6.45, 7) is -0.0675. The molecule has 1 heterocycles. The van der Waals surface area contributed by atoms with Crippen LogP contribution in [0.3, 0.4) is 0 Å². The summed E-state index contributed by atoms with van der Waals surface area (Å²) in [5, 5.41) is 6.22. The van der Waals surface area contributed by atoms with Gasteiger partial charge in [-0.2, -0.15) is 36.1 Å². The highest BCUT2D eigenvalue weighted by atomic mass is 32.2. The minimum atomic E-state index is -4.58. The molecule has 0 saturated heterocycles. The molecule has 10 heteroatoms. The van der Waals surface area contributed by atoms with E-state index in [-0.39, 0.29) is 6.54 Å². The third-order valence-electron chi connectivity index (χ3n) is 1.85. The Morgan fingerprint density at radius 3 is 2.53 bits per heavy atom. The molecule has 0 aliphatic carbocycles. The van der Waals surface area contributed by atoms with Crippen molar-refractivity contribution in [2.75, 3.05) is 6.54 Å². The van der Waals surface area contributed by atoms with Crippen molar-refractivity contribution >= 4 is 10.2 Å². The maximum Gasteiger partial charge on any atom is 0.402 e. The van der Waals surface area contributed by atoms with E-state index in [1.807, 2.05) is 4.72 Å². The number of aromatic nitrogens is 2. The van der Waals surface area contributed by atoms with Crippen molar-refractivity contribution < 1.29 is 21.6 Å². The number of rotatable bonds is 5. The Balaban J connectivity index is 2.48. The molecule has 0 atom stereocenters. The molecule has 0 radical (unpaired) electrons. The first-order valence-electron chi connectivity index (χ1n) is 4.49. The lowest BCUT2D eigenvalue weighted by atomic mass is 10.3. The number of nitrogens with one attached hydrogen (secondary N) is 3. The number of hydrogen-bond donors (Lipinski definition) is 3. The second kappa shape index (κ2) is 5.02. The van der Waals surface area contributed by atoms with E-state index in [0.29, 0.717) is 11.3 Å².